The van der Waals surface area contributed by atoms with Crippen LogP contribution in [-0.4, -0.2) is 127 Å². The minimum atomic E-state index is 0.0317. The van der Waals surface area contributed by atoms with Crippen molar-refractivity contribution in [1.29, 1.82) is 0 Å². The number of pyridine rings is 1. The number of hydrogen-bond acceptors (Lipinski definition) is 11. The largest absolute Gasteiger partial charge is 0.493 e. The molecule has 0 spiro atoms. The van der Waals surface area contributed by atoms with Crippen LogP contribution in [0.5, 0.6) is 11.5 Å². The molecule has 5 heterocycles. The lowest BCUT2D eigenvalue weighted by atomic mass is 10.0. The molecule has 1 N–H and O–H groups in total. The molecule has 1 unspecified atom stereocenters. The molecule has 45 heavy (non-hydrogen) atoms. The van der Waals surface area contributed by atoms with E-state index in [9.17, 15) is 4.79 Å². The van der Waals surface area contributed by atoms with Gasteiger partial charge < -0.3 is 29.5 Å². The topological polar surface area (TPSA) is 99.2 Å². The number of likely N-dealkylation sites (N-methyl/N-ethyl adjacent to an activating group) is 1. The Hall–Kier alpha value is -3.80. The second-order valence-corrected chi connectivity index (χ2v) is 12.2. The quantitative estimate of drug-likeness (QED) is 0.345. The van der Waals surface area contributed by atoms with E-state index < -0.39 is 0 Å². The average Bonchev–Trinajstić information content (AvgIpc) is 3.38. The van der Waals surface area contributed by atoms with Crippen molar-refractivity contribution in [2.45, 2.75) is 32.2 Å². The number of nitrogens with zero attached hydrogens (tertiary/aromatic N) is 7. The first-order valence-corrected chi connectivity index (χ1v) is 16.3. The summed E-state index contributed by atoms with van der Waals surface area (Å²) in [5.74, 6) is 2.52. The molecule has 1 aromatic carbocycles. The molecule has 11 nitrogen and oxygen atoms in total. The van der Waals surface area contributed by atoms with Crippen LogP contribution in [0.15, 0.2) is 48.9 Å². The van der Waals surface area contributed by atoms with Crippen LogP contribution in [0.2, 0.25) is 0 Å². The van der Waals surface area contributed by atoms with E-state index in [-0.39, 0.29) is 11.8 Å². The number of ketones is 1. The van der Waals surface area contributed by atoms with Gasteiger partial charge in [0.2, 0.25) is 0 Å². The molecule has 3 aliphatic heterocycles. The standard InChI is InChI=1S/C34H46N8O3/c1-4-39-10-5-11-40(13-12-39)18-19-45-33-23-29-28(22-32(33)44-3)31(20-26-6-8-35-9-7-26)37-38-34(29)42-16-14-41(15-17-42)25(2)30-21-27(43)24-36-30/h6-9,22-23,30,36H,2,4-5,10-21,24H2,1,3H3. The van der Waals surface area contributed by atoms with Crippen LogP contribution in [0, 0.1) is 0 Å². The lowest BCUT2D eigenvalue weighted by molar-refractivity contribution is -0.116. The Balaban J connectivity index is 1.23. The van der Waals surface area contributed by atoms with Crippen molar-refractivity contribution in [3.63, 3.8) is 0 Å². The lowest BCUT2D eigenvalue weighted by Gasteiger charge is -2.39. The third kappa shape index (κ3) is 7.37. The number of benzene rings is 1. The molecule has 0 amide bonds. The van der Waals surface area contributed by atoms with E-state index in [1.54, 1.807) is 19.5 Å². The molecule has 3 fully saturated rings. The smallest absolute Gasteiger partial charge is 0.161 e. The van der Waals surface area contributed by atoms with E-state index in [1.165, 1.54) is 6.42 Å². The van der Waals surface area contributed by atoms with Crippen LogP contribution >= 0.6 is 0 Å². The fourth-order valence-electron chi connectivity index (χ4n) is 6.65. The summed E-state index contributed by atoms with van der Waals surface area (Å²) in [6.07, 6.45) is 5.96. The number of methoxy groups -OCH3 is 1. The van der Waals surface area contributed by atoms with Gasteiger partial charge in [-0.2, -0.15) is 5.10 Å². The Morgan fingerprint density at radius 3 is 2.47 bits per heavy atom. The van der Waals surface area contributed by atoms with Gasteiger partial charge in [-0.1, -0.05) is 13.5 Å². The van der Waals surface area contributed by atoms with Crippen molar-refractivity contribution in [2.75, 3.05) is 90.6 Å². The molecule has 0 bridgehead atoms. The summed E-state index contributed by atoms with van der Waals surface area (Å²) in [4.78, 5) is 25.6. The van der Waals surface area contributed by atoms with Gasteiger partial charge in [0.1, 0.15) is 12.4 Å². The van der Waals surface area contributed by atoms with Crippen LogP contribution in [0.3, 0.4) is 0 Å². The zero-order valence-corrected chi connectivity index (χ0v) is 26.7. The highest BCUT2D eigenvalue weighted by molar-refractivity contribution is 5.96. The van der Waals surface area contributed by atoms with E-state index >= 15 is 0 Å². The first-order valence-electron chi connectivity index (χ1n) is 16.3. The Morgan fingerprint density at radius 2 is 1.73 bits per heavy atom. The van der Waals surface area contributed by atoms with E-state index in [0.29, 0.717) is 31.7 Å². The van der Waals surface area contributed by atoms with Crippen LogP contribution in [0.1, 0.15) is 31.0 Å². The summed E-state index contributed by atoms with van der Waals surface area (Å²) < 4.78 is 12.3. The molecule has 1 atom stereocenters. The summed E-state index contributed by atoms with van der Waals surface area (Å²) in [5, 5.41) is 14.9. The van der Waals surface area contributed by atoms with Crippen LogP contribution in [0.4, 0.5) is 5.82 Å². The first kappa shape index (κ1) is 31.2. The third-order valence-corrected chi connectivity index (χ3v) is 9.40. The number of rotatable bonds is 11. The monoisotopic (exact) mass is 614 g/mol. The normalized spacial score (nSPS) is 20.0. The van der Waals surface area contributed by atoms with E-state index in [1.807, 2.05) is 12.1 Å². The SMILES string of the molecule is C=C(C1CC(=O)CN1)N1CCN(c2nnc(Cc3ccncc3)c3cc(OC)c(OCCN4CCCN(CC)CC4)cc23)CC1. The van der Waals surface area contributed by atoms with Crippen molar-refractivity contribution in [1.82, 2.24) is 35.2 Å². The number of piperazine rings is 1. The molecule has 3 aliphatic rings. The fraction of sp³-hybridized carbons (Fsp3) is 0.529. The molecule has 240 valence electrons. The molecular weight excluding hydrogens is 568 g/mol. The zero-order chi connectivity index (χ0) is 31.2. The molecule has 3 aromatic rings. The highest BCUT2D eigenvalue weighted by atomic mass is 16.5. The number of ether oxygens (including phenoxy) is 2. The first-order chi connectivity index (χ1) is 22.0. The summed E-state index contributed by atoms with van der Waals surface area (Å²) in [6.45, 7) is 17.2. The van der Waals surface area contributed by atoms with Gasteiger partial charge in [-0.15, -0.1) is 5.10 Å². The molecule has 3 saturated heterocycles. The van der Waals surface area contributed by atoms with Crippen molar-refractivity contribution in [3.8, 4) is 11.5 Å². The van der Waals surface area contributed by atoms with Crippen LogP contribution in [0.25, 0.3) is 10.8 Å². The second-order valence-electron chi connectivity index (χ2n) is 12.2. The predicted molar refractivity (Wildman–Crippen MR) is 176 cm³/mol. The van der Waals surface area contributed by atoms with E-state index in [2.05, 4.69) is 55.5 Å². The van der Waals surface area contributed by atoms with Gasteiger partial charge >= 0.3 is 0 Å². The van der Waals surface area contributed by atoms with Gasteiger partial charge in [-0.25, -0.2) is 0 Å². The number of fused-ring (bicyclic) bond motifs is 1. The molecule has 0 aliphatic carbocycles. The Kier molecular flexibility index (Phi) is 10.1. The highest BCUT2D eigenvalue weighted by Crippen LogP contribution is 2.38. The Morgan fingerprint density at radius 1 is 0.978 bits per heavy atom. The van der Waals surface area contributed by atoms with Crippen molar-refractivity contribution >= 4 is 22.4 Å². The van der Waals surface area contributed by atoms with Crippen molar-refractivity contribution in [3.05, 3.63) is 60.2 Å². The molecule has 0 radical (unpaired) electrons. The lowest BCUT2D eigenvalue weighted by Crippen LogP contribution is -2.48. The molecule has 6 rings (SSSR count). The molecule has 11 heteroatoms. The summed E-state index contributed by atoms with van der Waals surface area (Å²) in [6, 6.07) is 8.21. The number of aromatic nitrogens is 3. The Labute approximate surface area is 266 Å². The number of carbonyl (C=O) groups is 1. The number of hydrogen-bond donors (Lipinski definition) is 1. The van der Waals surface area contributed by atoms with Crippen molar-refractivity contribution < 1.29 is 14.3 Å². The summed E-state index contributed by atoms with van der Waals surface area (Å²) in [7, 11) is 1.69. The van der Waals surface area contributed by atoms with Gasteiger partial charge in [0.25, 0.3) is 0 Å². The molecule has 0 saturated carbocycles. The summed E-state index contributed by atoms with van der Waals surface area (Å²) in [5.41, 5.74) is 3.01. The zero-order valence-electron chi connectivity index (χ0n) is 26.7. The number of carbonyl (C=O) groups excluding carboxylic acids is 1. The van der Waals surface area contributed by atoms with Crippen LogP contribution < -0.4 is 19.7 Å². The maximum atomic E-state index is 11.8. The molecule has 2 aromatic heterocycles. The minimum Gasteiger partial charge on any atom is -0.493 e. The van der Waals surface area contributed by atoms with Gasteiger partial charge in [0, 0.05) is 87.5 Å². The van der Waals surface area contributed by atoms with Gasteiger partial charge in [-0.3, -0.25) is 14.7 Å². The fourth-order valence-corrected chi connectivity index (χ4v) is 6.65. The van der Waals surface area contributed by atoms with E-state index in [4.69, 9.17) is 19.7 Å². The van der Waals surface area contributed by atoms with Gasteiger partial charge in [0.15, 0.2) is 17.3 Å². The summed E-state index contributed by atoms with van der Waals surface area (Å²) >= 11 is 0. The van der Waals surface area contributed by atoms with Crippen molar-refractivity contribution in [2.24, 2.45) is 0 Å². The maximum Gasteiger partial charge on any atom is 0.161 e. The number of nitrogens with one attached hydrogen (secondary N) is 1. The van der Waals surface area contributed by atoms with Gasteiger partial charge in [-0.05, 0) is 55.9 Å². The Bertz CT molecular complexity index is 1480. The highest BCUT2D eigenvalue weighted by Gasteiger charge is 2.29. The van der Waals surface area contributed by atoms with E-state index in [0.717, 1.165) is 105 Å². The van der Waals surface area contributed by atoms with Crippen LogP contribution in [-0.2, 0) is 11.2 Å². The maximum absolute atomic E-state index is 11.8. The number of anilines is 1. The average molecular weight is 615 g/mol. The molecular formula is C34H46N8O3. The number of Topliss-reactive ketones (excluding diaryl/α,β-unsaturated/α-hetero) is 1. The minimum absolute atomic E-state index is 0.0317. The third-order valence-electron chi connectivity index (χ3n) is 9.40. The van der Waals surface area contributed by atoms with Gasteiger partial charge in [0.05, 0.1) is 25.4 Å². The predicted octanol–water partition coefficient (Wildman–Crippen LogP) is 2.60. The second kappa shape index (κ2) is 14.5.